The number of rotatable bonds is 1. The van der Waals surface area contributed by atoms with Gasteiger partial charge in [-0.05, 0) is 49.9 Å². The van der Waals surface area contributed by atoms with Crippen molar-refractivity contribution in [1.29, 1.82) is 0 Å². The smallest absolute Gasteiger partial charge is 0.306 e. The van der Waals surface area contributed by atoms with E-state index in [9.17, 15) is 15.0 Å². The van der Waals surface area contributed by atoms with Gasteiger partial charge in [0.15, 0.2) is 0 Å². The van der Waals surface area contributed by atoms with Gasteiger partial charge in [0, 0.05) is 30.8 Å². The fourth-order valence-corrected chi connectivity index (χ4v) is 7.14. The molecule has 8 atom stereocenters. The van der Waals surface area contributed by atoms with Gasteiger partial charge in [-0.25, -0.2) is 0 Å². The van der Waals surface area contributed by atoms with Crippen LogP contribution in [0.5, 0.6) is 0 Å². The second-order valence-corrected chi connectivity index (χ2v) is 9.59. The monoisotopic (exact) mass is 352 g/mol. The third kappa shape index (κ3) is 2.28. The largest absolute Gasteiger partial charge is 0.465 e. The molecule has 1 saturated heterocycles. The van der Waals surface area contributed by atoms with Crippen LogP contribution in [0.1, 0.15) is 58.8 Å². The lowest BCUT2D eigenvalue weighted by molar-refractivity contribution is -0.279. The van der Waals surface area contributed by atoms with E-state index in [1.807, 2.05) is 0 Å². The van der Waals surface area contributed by atoms with Gasteiger partial charge in [0.25, 0.3) is 0 Å². The predicted octanol–water partition coefficient (Wildman–Crippen LogP) is 2.28. The fraction of sp³-hybridized carbons (Fsp3) is 0.950. The quantitative estimate of drug-likeness (QED) is 0.708. The van der Waals surface area contributed by atoms with Gasteiger partial charge in [-0.3, -0.25) is 4.79 Å². The Morgan fingerprint density at radius 2 is 1.92 bits per heavy atom. The molecular weight excluding hydrogens is 320 g/mol. The summed E-state index contributed by atoms with van der Waals surface area (Å²) >= 11 is 0. The van der Waals surface area contributed by atoms with E-state index < -0.39 is 17.8 Å². The molecule has 142 valence electrons. The van der Waals surface area contributed by atoms with Crippen molar-refractivity contribution in [2.45, 2.75) is 76.6 Å². The Balaban J connectivity index is 1.73. The topological polar surface area (TPSA) is 76.0 Å². The molecule has 0 spiro atoms. The zero-order valence-corrected chi connectivity index (χ0v) is 15.7. The highest BCUT2D eigenvalue weighted by molar-refractivity contribution is 5.70. The molecule has 0 unspecified atom stereocenters. The highest BCUT2D eigenvalue weighted by Crippen LogP contribution is 2.66. The first-order valence-corrected chi connectivity index (χ1v) is 9.83. The number of esters is 1. The van der Waals surface area contributed by atoms with Crippen LogP contribution in [0.4, 0.5) is 0 Å². The molecule has 2 N–H and O–H groups in total. The van der Waals surface area contributed by atoms with Gasteiger partial charge >= 0.3 is 5.97 Å². The van der Waals surface area contributed by atoms with Gasteiger partial charge < -0.3 is 19.7 Å². The maximum absolute atomic E-state index is 12.0. The minimum Gasteiger partial charge on any atom is -0.465 e. The Morgan fingerprint density at radius 1 is 1.16 bits per heavy atom. The first-order chi connectivity index (χ1) is 11.8. The van der Waals surface area contributed by atoms with Crippen molar-refractivity contribution in [3.05, 3.63) is 0 Å². The van der Waals surface area contributed by atoms with Crippen LogP contribution >= 0.6 is 0 Å². The van der Waals surface area contributed by atoms with Crippen LogP contribution in [0.3, 0.4) is 0 Å². The van der Waals surface area contributed by atoms with Crippen molar-refractivity contribution in [3.8, 4) is 0 Å². The van der Waals surface area contributed by atoms with Crippen LogP contribution < -0.4 is 0 Å². The molecule has 1 aliphatic heterocycles. The van der Waals surface area contributed by atoms with E-state index in [0.29, 0.717) is 37.7 Å². The normalized spacial score (nSPS) is 55.6. The summed E-state index contributed by atoms with van der Waals surface area (Å²) in [6, 6.07) is 0. The minimum absolute atomic E-state index is 0.0341. The number of carbonyl (C=O) groups excluding carboxylic acids is 1. The zero-order chi connectivity index (χ0) is 18.0. The van der Waals surface area contributed by atoms with Crippen molar-refractivity contribution in [1.82, 2.24) is 0 Å². The van der Waals surface area contributed by atoms with E-state index in [4.69, 9.17) is 9.47 Å². The zero-order valence-electron chi connectivity index (χ0n) is 15.7. The SMILES string of the molecule is CO[C@]12C[C@@H](O)CC[C@]1(C)[C@H]1CC[C@]3(C)COC(=O)C[C@H]3[C@@H]1C[C@H]2O. The van der Waals surface area contributed by atoms with E-state index in [0.717, 1.165) is 25.7 Å². The molecule has 4 aliphatic rings. The number of methoxy groups -OCH3 is 1. The molecule has 3 saturated carbocycles. The first kappa shape index (κ1) is 17.7. The number of ether oxygens (including phenoxy) is 2. The average molecular weight is 352 g/mol. The Kier molecular flexibility index (Phi) is 4.03. The Morgan fingerprint density at radius 3 is 2.64 bits per heavy atom. The van der Waals surface area contributed by atoms with Gasteiger partial charge in [0.05, 0.1) is 18.8 Å². The van der Waals surface area contributed by atoms with Crippen molar-refractivity contribution in [2.75, 3.05) is 13.7 Å². The summed E-state index contributed by atoms with van der Waals surface area (Å²) in [7, 11) is 1.69. The van der Waals surface area contributed by atoms with Crippen LogP contribution in [-0.2, 0) is 14.3 Å². The molecule has 0 bridgehead atoms. The summed E-state index contributed by atoms with van der Waals surface area (Å²) in [5.74, 6) is 0.934. The lowest BCUT2D eigenvalue weighted by Crippen LogP contribution is -2.70. The average Bonchev–Trinajstić information content (AvgIpc) is 2.57. The maximum Gasteiger partial charge on any atom is 0.306 e. The lowest BCUT2D eigenvalue weighted by atomic mass is 9.42. The fourth-order valence-electron chi connectivity index (χ4n) is 7.14. The highest BCUT2D eigenvalue weighted by atomic mass is 16.5. The minimum atomic E-state index is -0.672. The number of carbonyl (C=O) groups is 1. The van der Waals surface area contributed by atoms with E-state index in [1.54, 1.807) is 7.11 Å². The van der Waals surface area contributed by atoms with Crippen LogP contribution in [0, 0.1) is 28.6 Å². The van der Waals surface area contributed by atoms with Crippen LogP contribution in [0.25, 0.3) is 0 Å². The maximum atomic E-state index is 12.0. The summed E-state index contributed by atoms with van der Waals surface area (Å²) in [6.45, 7) is 5.02. The Hall–Kier alpha value is -0.650. The molecule has 0 aromatic heterocycles. The summed E-state index contributed by atoms with van der Waals surface area (Å²) < 4.78 is 11.4. The van der Waals surface area contributed by atoms with Crippen molar-refractivity contribution < 1.29 is 24.5 Å². The third-order valence-corrected chi connectivity index (χ3v) is 8.62. The van der Waals surface area contributed by atoms with E-state index in [2.05, 4.69) is 13.8 Å². The molecule has 0 aromatic carbocycles. The number of hydrogen-bond donors (Lipinski definition) is 2. The number of hydrogen-bond acceptors (Lipinski definition) is 5. The Bertz CT molecular complexity index is 564. The van der Waals surface area contributed by atoms with E-state index in [1.165, 1.54) is 0 Å². The molecule has 5 heteroatoms. The summed E-state index contributed by atoms with van der Waals surface area (Å²) in [5.41, 5.74) is -0.798. The summed E-state index contributed by atoms with van der Waals surface area (Å²) in [6.07, 6.45) is 4.41. The molecular formula is C20H32O5. The molecule has 5 nitrogen and oxygen atoms in total. The standard InChI is InChI=1S/C20H32O5/c1-18-6-5-14-13(15(18)9-17(23)25-11-18)8-16(22)20(24-3)10-12(21)4-7-19(14,20)2/h12-16,21-22H,4-11H2,1-3H3/t12-,13+,14-,15-,16+,18+,19+,20-/m0/s1. The van der Waals surface area contributed by atoms with Gasteiger partial charge in [-0.1, -0.05) is 13.8 Å². The predicted molar refractivity (Wildman–Crippen MR) is 91.7 cm³/mol. The van der Waals surface area contributed by atoms with Gasteiger partial charge in [-0.15, -0.1) is 0 Å². The molecule has 25 heavy (non-hydrogen) atoms. The molecule has 0 radical (unpaired) electrons. The number of cyclic esters (lactones) is 1. The third-order valence-electron chi connectivity index (χ3n) is 8.62. The molecule has 3 aliphatic carbocycles. The Labute approximate surface area is 150 Å². The van der Waals surface area contributed by atoms with Gasteiger partial charge in [0.1, 0.15) is 5.60 Å². The van der Waals surface area contributed by atoms with Gasteiger partial charge in [-0.2, -0.15) is 0 Å². The van der Waals surface area contributed by atoms with E-state index in [-0.39, 0.29) is 22.7 Å². The second kappa shape index (κ2) is 5.67. The number of aliphatic hydroxyl groups is 2. The summed E-state index contributed by atoms with van der Waals surface area (Å²) in [4.78, 5) is 12.0. The second-order valence-electron chi connectivity index (χ2n) is 9.59. The van der Waals surface area contributed by atoms with Crippen LogP contribution in [0.15, 0.2) is 0 Å². The molecule has 0 amide bonds. The van der Waals surface area contributed by atoms with E-state index >= 15 is 0 Å². The number of fused-ring (bicyclic) bond motifs is 5. The van der Waals surface area contributed by atoms with Crippen molar-refractivity contribution in [3.63, 3.8) is 0 Å². The van der Waals surface area contributed by atoms with Crippen LogP contribution in [-0.4, -0.2) is 47.7 Å². The van der Waals surface area contributed by atoms with Crippen molar-refractivity contribution >= 4 is 5.97 Å². The molecule has 1 heterocycles. The highest BCUT2D eigenvalue weighted by Gasteiger charge is 2.67. The molecule has 4 fully saturated rings. The lowest BCUT2D eigenvalue weighted by Gasteiger charge is -2.66. The van der Waals surface area contributed by atoms with Gasteiger partial charge in [0.2, 0.25) is 0 Å². The molecule has 4 rings (SSSR count). The number of aliphatic hydroxyl groups excluding tert-OH is 2. The van der Waals surface area contributed by atoms with Crippen molar-refractivity contribution in [2.24, 2.45) is 28.6 Å². The first-order valence-electron chi connectivity index (χ1n) is 9.83. The van der Waals surface area contributed by atoms with Crippen LogP contribution in [0.2, 0.25) is 0 Å². The summed E-state index contributed by atoms with van der Waals surface area (Å²) in [5, 5.41) is 21.4. The molecule has 0 aromatic rings.